The molecular weight excluding hydrogens is 140 g/mol. The fourth-order valence-electron chi connectivity index (χ4n) is 0.791. The third-order valence-corrected chi connectivity index (χ3v) is 1.67. The van der Waals surface area contributed by atoms with Crippen molar-refractivity contribution in [3.05, 3.63) is 0 Å². The lowest BCUT2D eigenvalue weighted by Crippen LogP contribution is -2.14. The number of hydrogen-bond acceptors (Lipinski definition) is 2. The first kappa shape index (κ1) is 10.9. The second-order valence-corrected chi connectivity index (χ2v) is 2.84. The van der Waals surface area contributed by atoms with Gasteiger partial charge in [0, 0.05) is 6.61 Å². The standard InChI is InChI=1S/C9H20O2/c1-3-5-6-7-11-8-9(10)4-2/h9-10H,3-8H2,1-2H3. The van der Waals surface area contributed by atoms with E-state index in [2.05, 4.69) is 6.92 Å². The first-order chi connectivity index (χ1) is 5.31. The summed E-state index contributed by atoms with van der Waals surface area (Å²) in [7, 11) is 0. The molecule has 1 atom stereocenters. The monoisotopic (exact) mass is 160 g/mol. The van der Waals surface area contributed by atoms with Crippen LogP contribution in [0.1, 0.15) is 39.5 Å². The molecule has 0 fully saturated rings. The topological polar surface area (TPSA) is 29.5 Å². The normalized spacial score (nSPS) is 13.4. The van der Waals surface area contributed by atoms with Crippen molar-refractivity contribution in [1.29, 1.82) is 0 Å². The molecule has 0 heterocycles. The molecule has 1 unspecified atom stereocenters. The van der Waals surface area contributed by atoms with Gasteiger partial charge in [-0.2, -0.15) is 0 Å². The Hall–Kier alpha value is -0.0800. The van der Waals surface area contributed by atoms with Crippen LogP contribution in [0.3, 0.4) is 0 Å². The van der Waals surface area contributed by atoms with E-state index in [1.54, 1.807) is 0 Å². The van der Waals surface area contributed by atoms with Crippen LogP contribution in [-0.4, -0.2) is 24.4 Å². The summed E-state index contributed by atoms with van der Waals surface area (Å²) in [5.41, 5.74) is 0. The Labute approximate surface area is 69.6 Å². The van der Waals surface area contributed by atoms with E-state index in [9.17, 15) is 0 Å². The number of unbranched alkanes of at least 4 members (excludes halogenated alkanes) is 2. The first-order valence-electron chi connectivity index (χ1n) is 4.57. The smallest absolute Gasteiger partial charge is 0.0771 e. The lowest BCUT2D eigenvalue weighted by Gasteiger charge is -2.07. The Morgan fingerprint density at radius 2 is 2.00 bits per heavy atom. The zero-order chi connectivity index (χ0) is 8.53. The molecule has 0 amide bonds. The molecule has 68 valence electrons. The van der Waals surface area contributed by atoms with Crippen molar-refractivity contribution >= 4 is 0 Å². The highest BCUT2D eigenvalue weighted by atomic mass is 16.5. The van der Waals surface area contributed by atoms with E-state index in [4.69, 9.17) is 9.84 Å². The van der Waals surface area contributed by atoms with Crippen LogP contribution in [0.15, 0.2) is 0 Å². The molecule has 11 heavy (non-hydrogen) atoms. The maximum absolute atomic E-state index is 9.09. The lowest BCUT2D eigenvalue weighted by molar-refractivity contribution is 0.0336. The van der Waals surface area contributed by atoms with Crippen molar-refractivity contribution in [1.82, 2.24) is 0 Å². The molecular formula is C9H20O2. The highest BCUT2D eigenvalue weighted by molar-refractivity contribution is 4.48. The maximum atomic E-state index is 9.09. The molecule has 0 aromatic carbocycles. The zero-order valence-corrected chi connectivity index (χ0v) is 7.68. The quantitative estimate of drug-likeness (QED) is 0.577. The molecule has 2 nitrogen and oxygen atoms in total. The highest BCUT2D eigenvalue weighted by Crippen LogP contribution is 1.96. The molecule has 0 rings (SSSR count). The van der Waals surface area contributed by atoms with Gasteiger partial charge in [-0.15, -0.1) is 0 Å². The Balaban J connectivity index is 2.89. The summed E-state index contributed by atoms with van der Waals surface area (Å²) in [6, 6.07) is 0. The largest absolute Gasteiger partial charge is 0.391 e. The van der Waals surface area contributed by atoms with Crippen LogP contribution in [0.5, 0.6) is 0 Å². The van der Waals surface area contributed by atoms with Crippen LogP contribution >= 0.6 is 0 Å². The predicted molar refractivity (Wildman–Crippen MR) is 46.6 cm³/mol. The van der Waals surface area contributed by atoms with Gasteiger partial charge >= 0.3 is 0 Å². The second-order valence-electron chi connectivity index (χ2n) is 2.84. The van der Waals surface area contributed by atoms with Crippen LogP contribution in [0.2, 0.25) is 0 Å². The van der Waals surface area contributed by atoms with Gasteiger partial charge in [-0.3, -0.25) is 0 Å². The van der Waals surface area contributed by atoms with E-state index in [1.807, 2.05) is 6.92 Å². The molecule has 0 aromatic rings. The number of aliphatic hydroxyl groups excluding tert-OH is 1. The summed E-state index contributed by atoms with van der Waals surface area (Å²) in [6.45, 7) is 5.42. The average Bonchev–Trinajstić information content (AvgIpc) is 2.04. The van der Waals surface area contributed by atoms with Gasteiger partial charge < -0.3 is 9.84 Å². The van der Waals surface area contributed by atoms with Gasteiger partial charge in [0.15, 0.2) is 0 Å². The van der Waals surface area contributed by atoms with Gasteiger partial charge in [-0.1, -0.05) is 26.7 Å². The van der Waals surface area contributed by atoms with Crippen molar-refractivity contribution in [2.24, 2.45) is 0 Å². The summed E-state index contributed by atoms with van der Waals surface area (Å²) < 4.78 is 5.24. The molecule has 0 aliphatic heterocycles. The maximum Gasteiger partial charge on any atom is 0.0771 e. The Kier molecular flexibility index (Phi) is 7.96. The summed E-state index contributed by atoms with van der Waals surface area (Å²) >= 11 is 0. The fourth-order valence-corrected chi connectivity index (χ4v) is 0.791. The fraction of sp³-hybridized carbons (Fsp3) is 1.00. The van der Waals surface area contributed by atoms with Crippen LogP contribution in [0.4, 0.5) is 0 Å². The van der Waals surface area contributed by atoms with Crippen molar-refractivity contribution in [2.45, 2.75) is 45.6 Å². The van der Waals surface area contributed by atoms with Crippen LogP contribution in [0, 0.1) is 0 Å². The molecule has 0 aromatic heterocycles. The van der Waals surface area contributed by atoms with Gasteiger partial charge in [-0.25, -0.2) is 0 Å². The van der Waals surface area contributed by atoms with Gasteiger partial charge in [0.2, 0.25) is 0 Å². The molecule has 0 saturated heterocycles. The minimum atomic E-state index is -0.267. The first-order valence-corrected chi connectivity index (χ1v) is 4.57. The number of rotatable bonds is 7. The van der Waals surface area contributed by atoms with E-state index in [0.717, 1.165) is 19.4 Å². The van der Waals surface area contributed by atoms with Crippen molar-refractivity contribution < 1.29 is 9.84 Å². The molecule has 0 radical (unpaired) electrons. The Morgan fingerprint density at radius 1 is 1.27 bits per heavy atom. The molecule has 1 N–H and O–H groups in total. The highest BCUT2D eigenvalue weighted by Gasteiger charge is 1.98. The predicted octanol–water partition coefficient (Wildman–Crippen LogP) is 1.96. The van der Waals surface area contributed by atoms with E-state index in [0.29, 0.717) is 6.61 Å². The molecule has 0 aliphatic carbocycles. The zero-order valence-electron chi connectivity index (χ0n) is 7.68. The summed E-state index contributed by atoms with van der Waals surface area (Å²) in [5.74, 6) is 0. The van der Waals surface area contributed by atoms with Gasteiger partial charge in [0.25, 0.3) is 0 Å². The van der Waals surface area contributed by atoms with E-state index < -0.39 is 0 Å². The minimum Gasteiger partial charge on any atom is -0.391 e. The number of hydrogen-bond donors (Lipinski definition) is 1. The van der Waals surface area contributed by atoms with E-state index in [-0.39, 0.29) is 6.10 Å². The van der Waals surface area contributed by atoms with Gasteiger partial charge in [0.1, 0.15) is 0 Å². The molecule has 0 bridgehead atoms. The molecule has 0 saturated carbocycles. The third kappa shape index (κ3) is 7.82. The molecule has 2 heteroatoms. The van der Waals surface area contributed by atoms with E-state index in [1.165, 1.54) is 12.8 Å². The average molecular weight is 160 g/mol. The van der Waals surface area contributed by atoms with Crippen molar-refractivity contribution in [3.63, 3.8) is 0 Å². The summed E-state index contributed by atoms with van der Waals surface area (Å²) in [5, 5.41) is 9.09. The number of ether oxygens (including phenoxy) is 1. The SMILES string of the molecule is CCCCCOCC(O)CC. The minimum absolute atomic E-state index is 0.267. The summed E-state index contributed by atoms with van der Waals surface area (Å²) in [6.07, 6.45) is 4.08. The van der Waals surface area contributed by atoms with Crippen molar-refractivity contribution in [3.8, 4) is 0 Å². The molecule has 0 aliphatic rings. The van der Waals surface area contributed by atoms with Crippen LogP contribution in [0.25, 0.3) is 0 Å². The Morgan fingerprint density at radius 3 is 2.55 bits per heavy atom. The third-order valence-electron chi connectivity index (χ3n) is 1.67. The van der Waals surface area contributed by atoms with Crippen LogP contribution < -0.4 is 0 Å². The summed E-state index contributed by atoms with van der Waals surface area (Å²) in [4.78, 5) is 0. The number of aliphatic hydroxyl groups is 1. The van der Waals surface area contributed by atoms with Crippen LogP contribution in [-0.2, 0) is 4.74 Å². The van der Waals surface area contributed by atoms with Crippen molar-refractivity contribution in [2.75, 3.05) is 13.2 Å². The lowest BCUT2D eigenvalue weighted by atomic mass is 10.2. The van der Waals surface area contributed by atoms with Gasteiger partial charge in [0.05, 0.1) is 12.7 Å². The molecule has 0 spiro atoms. The van der Waals surface area contributed by atoms with Gasteiger partial charge in [-0.05, 0) is 12.8 Å². The second kappa shape index (κ2) is 8.02. The van der Waals surface area contributed by atoms with E-state index >= 15 is 0 Å². The Bertz CT molecular complexity index is 74.0.